The molecule has 29 heavy (non-hydrogen) atoms. The van der Waals surface area contributed by atoms with Crippen molar-refractivity contribution in [3.05, 3.63) is 73.1 Å². The number of rotatable bonds is 8. The number of nitrogen functional groups attached to an aromatic ring is 1. The third-order valence-corrected chi connectivity index (χ3v) is 5.51. The van der Waals surface area contributed by atoms with Crippen LogP contribution in [0.5, 0.6) is 0 Å². The Bertz CT molecular complexity index is 1200. The van der Waals surface area contributed by atoms with Gasteiger partial charge in [-0.3, -0.25) is 14.8 Å². The standard InChI is InChI=1S/C20H22N6O2S/c21-14-7-5-13(6-8-14)4-2-1-3-9-26-16(10-15-11-29-12-22-15)23-17-18(26)24-20(28)25-19(17)27/h5-8,11-12H,1-4,9-10,21H2,(H2,24,25,27,28). The summed E-state index contributed by atoms with van der Waals surface area (Å²) in [6.45, 7) is 0.678. The molecule has 0 saturated heterocycles. The fourth-order valence-electron chi connectivity index (χ4n) is 3.41. The number of benzene rings is 1. The lowest BCUT2D eigenvalue weighted by molar-refractivity contribution is 0.579. The van der Waals surface area contributed by atoms with Crippen LogP contribution in [0, 0.1) is 0 Å². The number of nitrogens with one attached hydrogen (secondary N) is 2. The van der Waals surface area contributed by atoms with Crippen molar-refractivity contribution in [3.63, 3.8) is 0 Å². The van der Waals surface area contributed by atoms with E-state index < -0.39 is 11.2 Å². The number of H-pyrrole nitrogens is 2. The minimum Gasteiger partial charge on any atom is -0.399 e. The molecule has 9 heteroatoms. The zero-order valence-electron chi connectivity index (χ0n) is 15.9. The molecule has 0 saturated carbocycles. The molecule has 0 amide bonds. The number of nitrogens with two attached hydrogens (primary N) is 1. The molecule has 0 radical (unpaired) electrons. The molecule has 3 heterocycles. The molecule has 4 N–H and O–H groups in total. The first-order valence-electron chi connectivity index (χ1n) is 9.53. The Morgan fingerprint density at radius 1 is 1.07 bits per heavy atom. The molecular formula is C20H22N6O2S. The quantitative estimate of drug-likeness (QED) is 0.304. The van der Waals surface area contributed by atoms with E-state index in [1.54, 1.807) is 5.51 Å². The molecule has 8 nitrogen and oxygen atoms in total. The predicted molar refractivity (Wildman–Crippen MR) is 114 cm³/mol. The molecule has 150 valence electrons. The second-order valence-electron chi connectivity index (χ2n) is 6.99. The van der Waals surface area contributed by atoms with Gasteiger partial charge >= 0.3 is 5.69 Å². The van der Waals surface area contributed by atoms with Crippen LogP contribution in [-0.4, -0.2) is 24.5 Å². The van der Waals surface area contributed by atoms with Gasteiger partial charge in [-0.2, -0.15) is 0 Å². The van der Waals surface area contributed by atoms with E-state index >= 15 is 0 Å². The highest BCUT2D eigenvalue weighted by atomic mass is 32.1. The highest BCUT2D eigenvalue weighted by molar-refractivity contribution is 7.07. The number of nitrogens with zero attached hydrogens (tertiary/aromatic N) is 3. The van der Waals surface area contributed by atoms with Crippen molar-refractivity contribution in [2.24, 2.45) is 0 Å². The first kappa shape index (κ1) is 19.1. The number of aromatic amines is 2. The molecule has 0 aliphatic carbocycles. The minimum atomic E-state index is -0.521. The molecule has 3 aromatic heterocycles. The third-order valence-electron chi connectivity index (χ3n) is 4.87. The first-order valence-corrected chi connectivity index (χ1v) is 10.5. The highest BCUT2D eigenvalue weighted by Gasteiger charge is 2.15. The molecule has 4 aromatic rings. The number of hydrogen-bond donors (Lipinski definition) is 3. The fraction of sp³-hybridized carbons (Fsp3) is 0.300. The minimum absolute atomic E-state index is 0.261. The molecular weight excluding hydrogens is 388 g/mol. The van der Waals surface area contributed by atoms with Crippen molar-refractivity contribution in [2.45, 2.75) is 38.6 Å². The predicted octanol–water partition coefficient (Wildman–Crippen LogP) is 2.46. The van der Waals surface area contributed by atoms with E-state index in [1.165, 1.54) is 16.9 Å². The smallest absolute Gasteiger partial charge is 0.327 e. The second-order valence-corrected chi connectivity index (χ2v) is 7.71. The van der Waals surface area contributed by atoms with Crippen molar-refractivity contribution >= 4 is 28.2 Å². The lowest BCUT2D eigenvalue weighted by atomic mass is 10.1. The van der Waals surface area contributed by atoms with E-state index in [0.29, 0.717) is 18.6 Å². The molecule has 0 bridgehead atoms. The summed E-state index contributed by atoms with van der Waals surface area (Å²) in [5, 5.41) is 1.96. The number of fused-ring (bicyclic) bond motifs is 1. The Morgan fingerprint density at radius 3 is 2.66 bits per heavy atom. The molecule has 0 atom stereocenters. The van der Waals surface area contributed by atoms with E-state index in [4.69, 9.17) is 5.73 Å². The van der Waals surface area contributed by atoms with Gasteiger partial charge in [-0.25, -0.2) is 14.8 Å². The van der Waals surface area contributed by atoms with Crippen LogP contribution >= 0.6 is 11.3 Å². The van der Waals surface area contributed by atoms with Crippen molar-refractivity contribution in [1.29, 1.82) is 0 Å². The van der Waals surface area contributed by atoms with Crippen LogP contribution < -0.4 is 17.0 Å². The van der Waals surface area contributed by atoms with Gasteiger partial charge < -0.3 is 10.3 Å². The Kier molecular flexibility index (Phi) is 5.57. The van der Waals surface area contributed by atoms with Gasteiger partial charge in [0.2, 0.25) is 0 Å². The topological polar surface area (TPSA) is 122 Å². The van der Waals surface area contributed by atoms with E-state index in [1.807, 2.05) is 22.1 Å². The fourth-order valence-corrected chi connectivity index (χ4v) is 3.97. The zero-order chi connectivity index (χ0) is 20.2. The van der Waals surface area contributed by atoms with Crippen LogP contribution in [0.4, 0.5) is 5.69 Å². The van der Waals surface area contributed by atoms with Crippen LogP contribution in [0.1, 0.15) is 36.3 Å². The molecule has 0 unspecified atom stereocenters. The highest BCUT2D eigenvalue weighted by Crippen LogP contribution is 2.16. The number of thiazole rings is 1. The number of aryl methyl sites for hydroxylation is 2. The van der Waals surface area contributed by atoms with Gasteiger partial charge in [0.05, 0.1) is 11.2 Å². The summed E-state index contributed by atoms with van der Waals surface area (Å²) >= 11 is 1.52. The Labute approximate surface area is 170 Å². The van der Waals surface area contributed by atoms with E-state index in [9.17, 15) is 9.59 Å². The van der Waals surface area contributed by atoms with Crippen LogP contribution in [0.25, 0.3) is 11.2 Å². The molecule has 0 spiro atoms. The van der Waals surface area contributed by atoms with Crippen LogP contribution in [0.3, 0.4) is 0 Å². The third kappa shape index (κ3) is 4.45. The normalized spacial score (nSPS) is 11.3. The average Bonchev–Trinajstić information content (AvgIpc) is 3.32. The molecule has 0 aliphatic rings. The zero-order valence-corrected chi connectivity index (χ0v) is 16.7. The van der Waals surface area contributed by atoms with Crippen LogP contribution in [0.15, 0.2) is 44.7 Å². The van der Waals surface area contributed by atoms with Crippen LogP contribution in [-0.2, 0) is 19.4 Å². The molecule has 1 aromatic carbocycles. The number of aromatic nitrogens is 5. The Hall–Kier alpha value is -3.20. The maximum atomic E-state index is 12.2. The summed E-state index contributed by atoms with van der Waals surface area (Å²) < 4.78 is 1.94. The molecule has 4 rings (SSSR count). The van der Waals surface area contributed by atoms with Gasteiger partial charge in [-0.05, 0) is 37.0 Å². The van der Waals surface area contributed by atoms with Gasteiger partial charge in [-0.1, -0.05) is 18.6 Å². The summed E-state index contributed by atoms with van der Waals surface area (Å²) in [4.78, 5) is 37.7. The molecule has 0 aliphatic heterocycles. The summed E-state index contributed by atoms with van der Waals surface area (Å²) in [6, 6.07) is 7.96. The lowest BCUT2D eigenvalue weighted by Crippen LogP contribution is -2.22. The van der Waals surface area contributed by atoms with Crippen molar-refractivity contribution in [1.82, 2.24) is 24.5 Å². The van der Waals surface area contributed by atoms with E-state index in [0.717, 1.165) is 42.9 Å². The maximum Gasteiger partial charge on any atom is 0.327 e. The average molecular weight is 411 g/mol. The SMILES string of the molecule is Nc1ccc(CCCCCn2c(Cc3cscn3)nc3c(=O)[nH]c(=O)[nH]c32)cc1. The van der Waals surface area contributed by atoms with Gasteiger partial charge in [0.25, 0.3) is 5.56 Å². The number of hydrogen-bond acceptors (Lipinski definition) is 6. The van der Waals surface area contributed by atoms with E-state index in [2.05, 4.69) is 32.1 Å². The second kappa shape index (κ2) is 8.44. The summed E-state index contributed by atoms with van der Waals surface area (Å²) in [5.74, 6) is 0.733. The van der Waals surface area contributed by atoms with Crippen molar-refractivity contribution in [2.75, 3.05) is 5.73 Å². The summed E-state index contributed by atoms with van der Waals surface area (Å²) in [5.41, 5.74) is 10.2. The number of unbranched alkanes of at least 4 members (excludes halogenated alkanes) is 2. The lowest BCUT2D eigenvalue weighted by Gasteiger charge is -2.08. The summed E-state index contributed by atoms with van der Waals surface area (Å²) in [7, 11) is 0. The number of imidazole rings is 1. The van der Waals surface area contributed by atoms with Gasteiger partial charge in [0.1, 0.15) is 11.5 Å². The largest absolute Gasteiger partial charge is 0.399 e. The molecule has 0 fully saturated rings. The first-order chi connectivity index (χ1) is 14.1. The van der Waals surface area contributed by atoms with Gasteiger partial charge in [0.15, 0.2) is 5.52 Å². The maximum absolute atomic E-state index is 12.2. The van der Waals surface area contributed by atoms with Crippen molar-refractivity contribution < 1.29 is 0 Å². The van der Waals surface area contributed by atoms with E-state index in [-0.39, 0.29) is 5.52 Å². The Balaban J connectivity index is 1.48. The van der Waals surface area contributed by atoms with Crippen molar-refractivity contribution in [3.8, 4) is 0 Å². The summed E-state index contributed by atoms with van der Waals surface area (Å²) in [6.07, 6.45) is 4.50. The monoisotopic (exact) mass is 410 g/mol. The van der Waals surface area contributed by atoms with Crippen LogP contribution in [0.2, 0.25) is 0 Å². The number of anilines is 1. The van der Waals surface area contributed by atoms with Gasteiger partial charge in [-0.15, -0.1) is 11.3 Å². The Morgan fingerprint density at radius 2 is 1.90 bits per heavy atom. The van der Waals surface area contributed by atoms with Gasteiger partial charge in [0, 0.05) is 24.0 Å².